The lowest BCUT2D eigenvalue weighted by Gasteiger charge is -2.09. The molecule has 0 fully saturated rings. The average molecular weight is 473 g/mol. The normalized spacial score (nSPS) is 11.3. The van der Waals surface area contributed by atoms with Crippen LogP contribution in [0.4, 0.5) is 11.4 Å². The number of nitrogens with zero attached hydrogens (tertiary/aromatic N) is 3. The fraction of sp³-hybridized carbons (Fsp3) is 0.190. The summed E-state index contributed by atoms with van der Waals surface area (Å²) in [6.45, 7) is 7.73. The molecule has 0 aliphatic heterocycles. The second-order valence-electron chi connectivity index (χ2n) is 6.56. The van der Waals surface area contributed by atoms with Gasteiger partial charge < -0.3 is 4.57 Å². The number of aryl methyl sites for hydroxylation is 2. The Labute approximate surface area is 172 Å². The molecule has 27 heavy (non-hydrogen) atoms. The summed E-state index contributed by atoms with van der Waals surface area (Å²) in [5, 5.41) is 11.2. The van der Waals surface area contributed by atoms with Crippen LogP contribution < -0.4 is 0 Å². The van der Waals surface area contributed by atoms with Crippen LogP contribution in [-0.2, 0) is 0 Å². The molecule has 0 aliphatic rings. The first-order valence-electron chi connectivity index (χ1n) is 8.52. The van der Waals surface area contributed by atoms with Crippen molar-refractivity contribution in [3.05, 3.63) is 84.2 Å². The van der Waals surface area contributed by atoms with Crippen LogP contribution in [0.25, 0.3) is 5.69 Å². The van der Waals surface area contributed by atoms with Gasteiger partial charge in [-0.05, 0) is 92.2 Å². The first-order valence-corrected chi connectivity index (χ1v) is 9.60. The van der Waals surface area contributed by atoms with Crippen LogP contribution >= 0.6 is 22.6 Å². The van der Waals surface area contributed by atoms with Crippen molar-refractivity contribution in [1.29, 1.82) is 0 Å². The third-order valence-electron chi connectivity index (χ3n) is 4.73. The number of nitro groups is 1. The summed E-state index contributed by atoms with van der Waals surface area (Å²) in [6.07, 6.45) is 1.78. The van der Waals surface area contributed by atoms with Gasteiger partial charge in [-0.2, -0.15) is 0 Å². The maximum Gasteiger partial charge on any atom is 0.274 e. The number of benzene rings is 2. The van der Waals surface area contributed by atoms with Crippen molar-refractivity contribution in [2.24, 2.45) is 4.99 Å². The smallest absolute Gasteiger partial charge is 0.274 e. The molecule has 0 bridgehead atoms. The number of aromatic nitrogens is 1. The van der Waals surface area contributed by atoms with Crippen molar-refractivity contribution in [1.82, 2.24) is 4.57 Å². The third kappa shape index (κ3) is 3.95. The summed E-state index contributed by atoms with van der Waals surface area (Å²) in [6, 6.07) is 13.8. The van der Waals surface area contributed by atoms with E-state index in [1.165, 1.54) is 9.64 Å². The van der Waals surface area contributed by atoms with Crippen LogP contribution in [-0.4, -0.2) is 15.7 Å². The lowest BCUT2D eigenvalue weighted by molar-refractivity contribution is -0.385. The Bertz CT molecular complexity index is 1050. The zero-order valence-electron chi connectivity index (χ0n) is 15.7. The quantitative estimate of drug-likeness (QED) is 0.203. The highest BCUT2D eigenvalue weighted by Crippen LogP contribution is 2.28. The minimum absolute atomic E-state index is 0.103. The Kier molecular flexibility index (Phi) is 5.46. The zero-order chi connectivity index (χ0) is 19.7. The van der Waals surface area contributed by atoms with Crippen molar-refractivity contribution < 1.29 is 4.92 Å². The van der Waals surface area contributed by atoms with E-state index < -0.39 is 0 Å². The molecule has 0 radical (unpaired) electrons. The fourth-order valence-corrected chi connectivity index (χ4v) is 3.50. The topological polar surface area (TPSA) is 60.4 Å². The van der Waals surface area contributed by atoms with Gasteiger partial charge in [0.15, 0.2) is 0 Å². The Morgan fingerprint density at radius 1 is 1.07 bits per heavy atom. The predicted octanol–water partition coefficient (Wildman–Crippen LogP) is 5.97. The van der Waals surface area contributed by atoms with Gasteiger partial charge in [0, 0.05) is 44.1 Å². The van der Waals surface area contributed by atoms with E-state index in [1.807, 2.05) is 13.0 Å². The van der Waals surface area contributed by atoms with Gasteiger partial charge >= 0.3 is 0 Å². The molecule has 0 spiro atoms. The largest absolute Gasteiger partial charge is 0.318 e. The summed E-state index contributed by atoms with van der Waals surface area (Å²) < 4.78 is 3.37. The van der Waals surface area contributed by atoms with Crippen LogP contribution in [0.2, 0.25) is 0 Å². The average Bonchev–Trinajstić information content (AvgIpc) is 2.90. The first-order chi connectivity index (χ1) is 12.8. The van der Waals surface area contributed by atoms with Gasteiger partial charge in [-0.15, -0.1) is 0 Å². The molecule has 0 atom stereocenters. The zero-order valence-corrected chi connectivity index (χ0v) is 17.8. The molecule has 138 valence electrons. The highest BCUT2D eigenvalue weighted by molar-refractivity contribution is 14.1. The lowest BCUT2D eigenvalue weighted by Crippen LogP contribution is -1.99. The van der Waals surface area contributed by atoms with E-state index in [0.717, 1.165) is 28.2 Å². The molecular formula is C21H20IN3O2. The van der Waals surface area contributed by atoms with E-state index in [2.05, 4.69) is 76.3 Å². The van der Waals surface area contributed by atoms with E-state index in [9.17, 15) is 10.1 Å². The minimum atomic E-state index is -0.357. The molecule has 5 nitrogen and oxygen atoms in total. The van der Waals surface area contributed by atoms with Crippen LogP contribution in [0, 0.1) is 41.4 Å². The van der Waals surface area contributed by atoms with E-state index >= 15 is 0 Å². The van der Waals surface area contributed by atoms with Crippen LogP contribution in [0.1, 0.15) is 28.1 Å². The van der Waals surface area contributed by atoms with Gasteiger partial charge in [-0.25, -0.2) is 0 Å². The molecule has 0 saturated heterocycles. The summed E-state index contributed by atoms with van der Waals surface area (Å²) >= 11 is 2.29. The number of hydrogen-bond donors (Lipinski definition) is 0. The molecule has 1 aromatic heterocycles. The molecule has 0 saturated carbocycles. The second-order valence-corrected chi connectivity index (χ2v) is 7.81. The van der Waals surface area contributed by atoms with E-state index in [-0.39, 0.29) is 10.6 Å². The number of rotatable bonds is 4. The summed E-state index contributed by atoms with van der Waals surface area (Å²) in [5.74, 6) is 0. The second kappa shape index (κ2) is 7.64. The third-order valence-corrected chi connectivity index (χ3v) is 5.45. The van der Waals surface area contributed by atoms with Crippen LogP contribution in [0.15, 0.2) is 47.5 Å². The summed E-state index contributed by atoms with van der Waals surface area (Å²) in [4.78, 5) is 15.4. The van der Waals surface area contributed by atoms with Crippen LogP contribution in [0.3, 0.4) is 0 Å². The number of nitro benzene ring substituents is 1. The Hall–Kier alpha value is -2.48. The number of hydrogen-bond acceptors (Lipinski definition) is 3. The molecule has 0 N–H and O–H groups in total. The summed E-state index contributed by atoms with van der Waals surface area (Å²) in [5.41, 5.74) is 6.52. The molecule has 3 aromatic rings. The van der Waals surface area contributed by atoms with Gasteiger partial charge in [0.1, 0.15) is 0 Å². The van der Waals surface area contributed by atoms with E-state index in [0.29, 0.717) is 11.3 Å². The fourth-order valence-electron chi connectivity index (χ4n) is 3.14. The Balaban J connectivity index is 1.99. The minimum Gasteiger partial charge on any atom is -0.318 e. The highest BCUT2D eigenvalue weighted by atomic mass is 127. The Morgan fingerprint density at radius 3 is 2.37 bits per heavy atom. The maximum absolute atomic E-state index is 11.2. The first kappa shape index (κ1) is 19.3. The molecule has 0 aliphatic carbocycles. The molecule has 1 heterocycles. The molecular weight excluding hydrogens is 453 g/mol. The molecule has 3 rings (SSSR count). The predicted molar refractivity (Wildman–Crippen MR) is 118 cm³/mol. The monoisotopic (exact) mass is 473 g/mol. The standard InChI is InChI=1S/C21H20IN3O2/c1-13-9-19(11-21(15(13)3)25(26)27)23-12-17-10-14(2)24(16(17)4)20-7-5-18(22)6-8-20/h5-12H,1-4H3. The lowest BCUT2D eigenvalue weighted by atomic mass is 10.1. The van der Waals surface area contributed by atoms with Gasteiger partial charge in [-0.3, -0.25) is 15.1 Å². The number of aliphatic imine (C=N–C) groups is 1. The van der Waals surface area contributed by atoms with Crippen molar-refractivity contribution in [3.8, 4) is 5.69 Å². The Morgan fingerprint density at radius 2 is 1.74 bits per heavy atom. The van der Waals surface area contributed by atoms with Gasteiger partial charge in [0.05, 0.1) is 10.6 Å². The summed E-state index contributed by atoms with van der Waals surface area (Å²) in [7, 11) is 0. The van der Waals surface area contributed by atoms with Gasteiger partial charge in [0.2, 0.25) is 0 Å². The van der Waals surface area contributed by atoms with Gasteiger partial charge in [-0.1, -0.05) is 0 Å². The molecule has 0 unspecified atom stereocenters. The van der Waals surface area contributed by atoms with Crippen molar-refractivity contribution in [2.75, 3.05) is 0 Å². The molecule has 6 heteroatoms. The molecule has 2 aromatic carbocycles. The molecule has 0 amide bonds. The van der Waals surface area contributed by atoms with E-state index in [1.54, 1.807) is 13.1 Å². The van der Waals surface area contributed by atoms with E-state index in [4.69, 9.17) is 0 Å². The number of halogens is 1. The van der Waals surface area contributed by atoms with Crippen molar-refractivity contribution >= 4 is 40.2 Å². The highest BCUT2D eigenvalue weighted by Gasteiger charge is 2.14. The van der Waals surface area contributed by atoms with Crippen LogP contribution in [0.5, 0.6) is 0 Å². The van der Waals surface area contributed by atoms with Gasteiger partial charge in [0.25, 0.3) is 5.69 Å². The van der Waals surface area contributed by atoms with Crippen molar-refractivity contribution in [3.63, 3.8) is 0 Å². The SMILES string of the molecule is Cc1cc(N=Cc2cc(C)n(-c3ccc(I)cc3)c2C)cc([N+](=O)[O-])c1C. The van der Waals surface area contributed by atoms with Crippen molar-refractivity contribution in [2.45, 2.75) is 27.7 Å². The maximum atomic E-state index is 11.2.